The van der Waals surface area contributed by atoms with Gasteiger partial charge in [-0.25, -0.2) is 4.79 Å². The Morgan fingerprint density at radius 1 is 1.26 bits per heavy atom. The number of nitrogens with one attached hydrogen (secondary N) is 2. The van der Waals surface area contributed by atoms with Crippen LogP contribution < -0.4 is 10.6 Å². The van der Waals surface area contributed by atoms with Crippen molar-refractivity contribution < 1.29 is 14.6 Å². The van der Waals surface area contributed by atoms with E-state index in [0.717, 1.165) is 23.2 Å². The van der Waals surface area contributed by atoms with Crippen molar-refractivity contribution in [2.24, 2.45) is 0 Å². The van der Waals surface area contributed by atoms with E-state index >= 15 is 0 Å². The lowest BCUT2D eigenvalue weighted by molar-refractivity contribution is 0.0910. The Bertz CT molecular complexity index is 387. The zero-order chi connectivity index (χ0) is 14.1. The highest BCUT2D eigenvalue weighted by atomic mass is 16.5. The van der Waals surface area contributed by atoms with Crippen LogP contribution in [0.15, 0.2) is 18.2 Å². The van der Waals surface area contributed by atoms with E-state index in [1.807, 2.05) is 32.0 Å². The van der Waals surface area contributed by atoms with Gasteiger partial charge in [0.25, 0.3) is 0 Å². The normalized spacial score (nSPS) is 10.3. The monoisotopic (exact) mass is 266 g/mol. The Morgan fingerprint density at radius 3 is 2.58 bits per heavy atom. The molecule has 106 valence electrons. The van der Waals surface area contributed by atoms with E-state index in [1.54, 1.807) is 0 Å². The fraction of sp³-hybridized carbons (Fsp3) is 0.500. The molecule has 0 aliphatic heterocycles. The highest BCUT2D eigenvalue weighted by Gasteiger charge is 2.05. The minimum absolute atomic E-state index is 0.0282. The second-order valence-corrected chi connectivity index (χ2v) is 4.34. The molecular formula is C14H22N2O3. The molecule has 0 aliphatic rings. The van der Waals surface area contributed by atoms with Crippen LogP contribution in [0.4, 0.5) is 10.5 Å². The number of benzene rings is 1. The van der Waals surface area contributed by atoms with Gasteiger partial charge in [0.15, 0.2) is 0 Å². The van der Waals surface area contributed by atoms with E-state index in [0.29, 0.717) is 19.8 Å². The lowest BCUT2D eigenvalue weighted by atomic mass is 10.1. The first kappa shape index (κ1) is 15.5. The van der Waals surface area contributed by atoms with Gasteiger partial charge in [-0.15, -0.1) is 0 Å². The molecule has 0 radical (unpaired) electrons. The van der Waals surface area contributed by atoms with Gasteiger partial charge >= 0.3 is 6.03 Å². The summed E-state index contributed by atoms with van der Waals surface area (Å²) < 4.78 is 5.10. The smallest absolute Gasteiger partial charge is 0.319 e. The van der Waals surface area contributed by atoms with Crippen LogP contribution in [-0.2, 0) is 4.74 Å². The number of aryl methyl sites for hydroxylation is 2. The quantitative estimate of drug-likeness (QED) is 0.659. The molecule has 1 aromatic rings. The van der Waals surface area contributed by atoms with Crippen molar-refractivity contribution in [2.75, 3.05) is 31.7 Å². The van der Waals surface area contributed by atoms with Crippen LogP contribution in [-0.4, -0.2) is 37.5 Å². The topological polar surface area (TPSA) is 70.6 Å². The van der Waals surface area contributed by atoms with Crippen LogP contribution in [0.2, 0.25) is 0 Å². The summed E-state index contributed by atoms with van der Waals surface area (Å²) in [6.45, 7) is 5.37. The number of aliphatic hydroxyl groups excluding tert-OH is 1. The van der Waals surface area contributed by atoms with Crippen LogP contribution in [0, 0.1) is 13.8 Å². The largest absolute Gasteiger partial charge is 0.394 e. The molecule has 0 spiro atoms. The predicted octanol–water partition coefficient (Wildman–Crippen LogP) is 1.82. The highest BCUT2D eigenvalue weighted by molar-refractivity contribution is 5.90. The van der Waals surface area contributed by atoms with Gasteiger partial charge < -0.3 is 20.5 Å². The number of ether oxygens (including phenoxy) is 1. The highest BCUT2D eigenvalue weighted by Crippen LogP contribution is 2.18. The van der Waals surface area contributed by atoms with Crippen molar-refractivity contribution in [3.05, 3.63) is 29.3 Å². The van der Waals surface area contributed by atoms with Crippen molar-refractivity contribution in [2.45, 2.75) is 20.3 Å². The van der Waals surface area contributed by atoms with Crippen LogP contribution in [0.3, 0.4) is 0 Å². The Labute approximate surface area is 114 Å². The fourth-order valence-electron chi connectivity index (χ4n) is 1.71. The molecule has 2 amide bonds. The summed E-state index contributed by atoms with van der Waals surface area (Å²) >= 11 is 0. The number of carbonyl (C=O) groups is 1. The van der Waals surface area contributed by atoms with E-state index in [1.165, 1.54) is 0 Å². The minimum Gasteiger partial charge on any atom is -0.394 e. The number of urea groups is 1. The molecule has 19 heavy (non-hydrogen) atoms. The summed E-state index contributed by atoms with van der Waals surface area (Å²) in [4.78, 5) is 11.7. The Kier molecular flexibility index (Phi) is 6.92. The van der Waals surface area contributed by atoms with Gasteiger partial charge in [-0.05, 0) is 31.4 Å². The first-order chi connectivity index (χ1) is 9.15. The molecule has 0 fully saturated rings. The number of rotatable bonds is 7. The average molecular weight is 266 g/mol. The second-order valence-electron chi connectivity index (χ2n) is 4.34. The molecule has 0 atom stereocenters. The third-order valence-electron chi connectivity index (χ3n) is 2.71. The molecule has 0 saturated carbocycles. The summed E-state index contributed by atoms with van der Waals surface area (Å²) in [6, 6.07) is 5.68. The molecule has 0 aromatic heterocycles. The molecule has 0 unspecified atom stereocenters. The first-order valence-electron chi connectivity index (χ1n) is 6.45. The standard InChI is InChI=1S/C14H22N2O3/c1-11-5-3-6-12(2)13(11)16-14(18)15-7-4-9-19-10-8-17/h3,5-6,17H,4,7-10H2,1-2H3,(H2,15,16,18). The second kappa shape index (κ2) is 8.50. The number of carbonyl (C=O) groups excluding carboxylic acids is 1. The zero-order valence-electron chi connectivity index (χ0n) is 11.5. The Morgan fingerprint density at radius 2 is 1.95 bits per heavy atom. The summed E-state index contributed by atoms with van der Waals surface area (Å²) in [5.74, 6) is 0. The fourth-order valence-corrected chi connectivity index (χ4v) is 1.71. The Hall–Kier alpha value is -1.59. The van der Waals surface area contributed by atoms with Gasteiger partial charge in [-0.2, -0.15) is 0 Å². The maximum Gasteiger partial charge on any atom is 0.319 e. The molecular weight excluding hydrogens is 244 g/mol. The number of para-hydroxylation sites is 1. The molecule has 1 rings (SSSR count). The SMILES string of the molecule is Cc1cccc(C)c1NC(=O)NCCCOCCO. The van der Waals surface area contributed by atoms with E-state index in [-0.39, 0.29) is 12.6 Å². The van der Waals surface area contributed by atoms with Crippen molar-refractivity contribution >= 4 is 11.7 Å². The summed E-state index contributed by atoms with van der Waals surface area (Å²) in [5.41, 5.74) is 2.94. The summed E-state index contributed by atoms with van der Waals surface area (Å²) in [6.07, 6.45) is 0.722. The van der Waals surface area contributed by atoms with Crippen molar-refractivity contribution in [1.29, 1.82) is 0 Å². The van der Waals surface area contributed by atoms with Crippen LogP contribution in [0.25, 0.3) is 0 Å². The van der Waals surface area contributed by atoms with E-state index < -0.39 is 0 Å². The number of amides is 2. The molecule has 3 N–H and O–H groups in total. The van der Waals surface area contributed by atoms with Crippen LogP contribution >= 0.6 is 0 Å². The third kappa shape index (κ3) is 5.72. The lowest BCUT2D eigenvalue weighted by Crippen LogP contribution is -2.30. The molecule has 5 heteroatoms. The number of hydrogen-bond donors (Lipinski definition) is 3. The van der Waals surface area contributed by atoms with Crippen LogP contribution in [0.5, 0.6) is 0 Å². The Balaban J connectivity index is 2.28. The molecule has 0 aliphatic carbocycles. The van der Waals surface area contributed by atoms with Crippen LogP contribution in [0.1, 0.15) is 17.5 Å². The van der Waals surface area contributed by atoms with Crippen molar-refractivity contribution in [1.82, 2.24) is 5.32 Å². The van der Waals surface area contributed by atoms with Gasteiger partial charge in [0.1, 0.15) is 0 Å². The zero-order valence-corrected chi connectivity index (χ0v) is 11.5. The number of hydrogen-bond acceptors (Lipinski definition) is 3. The van der Waals surface area contributed by atoms with Crippen molar-refractivity contribution in [3.63, 3.8) is 0 Å². The van der Waals surface area contributed by atoms with E-state index in [2.05, 4.69) is 10.6 Å². The maximum atomic E-state index is 11.7. The molecule has 0 bridgehead atoms. The number of aliphatic hydroxyl groups is 1. The van der Waals surface area contributed by atoms with E-state index in [4.69, 9.17) is 9.84 Å². The van der Waals surface area contributed by atoms with Crippen molar-refractivity contribution in [3.8, 4) is 0 Å². The molecule has 5 nitrogen and oxygen atoms in total. The molecule has 1 aromatic carbocycles. The van der Waals surface area contributed by atoms with Gasteiger partial charge in [0, 0.05) is 18.8 Å². The van der Waals surface area contributed by atoms with Gasteiger partial charge in [0.2, 0.25) is 0 Å². The minimum atomic E-state index is -0.209. The van der Waals surface area contributed by atoms with E-state index in [9.17, 15) is 4.79 Å². The summed E-state index contributed by atoms with van der Waals surface area (Å²) in [7, 11) is 0. The summed E-state index contributed by atoms with van der Waals surface area (Å²) in [5, 5.41) is 14.1. The van der Waals surface area contributed by atoms with Gasteiger partial charge in [-0.3, -0.25) is 0 Å². The molecule has 0 saturated heterocycles. The number of anilines is 1. The maximum absolute atomic E-state index is 11.7. The van der Waals surface area contributed by atoms with Gasteiger partial charge in [0.05, 0.1) is 13.2 Å². The lowest BCUT2D eigenvalue weighted by Gasteiger charge is -2.12. The first-order valence-corrected chi connectivity index (χ1v) is 6.45. The average Bonchev–Trinajstić information content (AvgIpc) is 2.38. The predicted molar refractivity (Wildman–Crippen MR) is 75.5 cm³/mol. The third-order valence-corrected chi connectivity index (χ3v) is 2.71. The van der Waals surface area contributed by atoms with Gasteiger partial charge in [-0.1, -0.05) is 18.2 Å². The molecule has 0 heterocycles.